The van der Waals surface area contributed by atoms with Crippen LogP contribution in [0.15, 0.2) is 18.2 Å². The molecule has 0 radical (unpaired) electrons. The van der Waals surface area contributed by atoms with Crippen LogP contribution in [0.2, 0.25) is 0 Å². The lowest BCUT2D eigenvalue weighted by atomic mass is 10.0. The summed E-state index contributed by atoms with van der Waals surface area (Å²) in [6.07, 6.45) is 0.876. The van der Waals surface area contributed by atoms with Crippen LogP contribution < -0.4 is 5.73 Å². The van der Waals surface area contributed by atoms with Crippen molar-refractivity contribution >= 4 is 11.7 Å². The van der Waals surface area contributed by atoms with E-state index in [4.69, 9.17) is 10.8 Å². The highest BCUT2D eigenvalue weighted by Crippen LogP contribution is 2.16. The van der Waals surface area contributed by atoms with Gasteiger partial charge in [0, 0.05) is 5.69 Å². The van der Waals surface area contributed by atoms with Gasteiger partial charge in [-0.3, -0.25) is 0 Å². The van der Waals surface area contributed by atoms with Gasteiger partial charge >= 0.3 is 5.97 Å². The van der Waals surface area contributed by atoms with Crippen molar-refractivity contribution in [1.29, 1.82) is 0 Å². The Morgan fingerprint density at radius 3 is 2.64 bits per heavy atom. The summed E-state index contributed by atoms with van der Waals surface area (Å²) < 4.78 is 0. The van der Waals surface area contributed by atoms with Gasteiger partial charge in [0.1, 0.15) is 0 Å². The van der Waals surface area contributed by atoms with E-state index in [2.05, 4.69) is 13.8 Å². The van der Waals surface area contributed by atoms with Crippen molar-refractivity contribution in [2.45, 2.75) is 20.3 Å². The van der Waals surface area contributed by atoms with Crippen LogP contribution in [0.1, 0.15) is 29.8 Å². The van der Waals surface area contributed by atoms with E-state index in [0.29, 0.717) is 11.6 Å². The molecule has 0 bridgehead atoms. The first-order valence-corrected chi connectivity index (χ1v) is 4.62. The molecule has 0 saturated heterocycles. The largest absolute Gasteiger partial charge is 0.478 e. The molecule has 1 aromatic carbocycles. The van der Waals surface area contributed by atoms with Crippen LogP contribution in [0.3, 0.4) is 0 Å². The van der Waals surface area contributed by atoms with E-state index < -0.39 is 5.97 Å². The Hall–Kier alpha value is -1.51. The molecule has 0 fully saturated rings. The molecule has 0 aliphatic rings. The van der Waals surface area contributed by atoms with Gasteiger partial charge in [-0.2, -0.15) is 0 Å². The molecule has 0 heterocycles. The maximum atomic E-state index is 10.8. The average molecular weight is 193 g/mol. The second kappa shape index (κ2) is 4.13. The number of benzene rings is 1. The Bertz CT molecular complexity index is 345. The number of aromatic carboxylic acids is 1. The van der Waals surface area contributed by atoms with Crippen LogP contribution in [0, 0.1) is 5.92 Å². The molecule has 0 atom stereocenters. The molecule has 1 rings (SSSR count). The number of nitrogens with two attached hydrogens (primary N) is 1. The number of hydrogen-bond acceptors (Lipinski definition) is 2. The Balaban J connectivity index is 3.00. The van der Waals surface area contributed by atoms with Gasteiger partial charge in [-0.1, -0.05) is 19.9 Å². The summed E-state index contributed by atoms with van der Waals surface area (Å²) >= 11 is 0. The lowest BCUT2D eigenvalue weighted by Crippen LogP contribution is -2.04. The summed E-state index contributed by atoms with van der Waals surface area (Å²) in [6, 6.07) is 5.18. The van der Waals surface area contributed by atoms with Gasteiger partial charge in [0.2, 0.25) is 0 Å². The van der Waals surface area contributed by atoms with Crippen molar-refractivity contribution in [3.63, 3.8) is 0 Å². The number of carboxylic acid groups (broad SMARTS) is 1. The molecule has 0 amide bonds. The Kier molecular flexibility index (Phi) is 3.12. The fourth-order valence-electron chi connectivity index (χ4n) is 1.39. The zero-order chi connectivity index (χ0) is 10.7. The number of anilines is 1. The Morgan fingerprint density at radius 2 is 2.14 bits per heavy atom. The second-order valence-corrected chi connectivity index (χ2v) is 3.82. The maximum Gasteiger partial charge on any atom is 0.337 e. The normalized spacial score (nSPS) is 10.5. The van der Waals surface area contributed by atoms with E-state index in [9.17, 15) is 4.79 Å². The number of carboxylic acids is 1. The van der Waals surface area contributed by atoms with E-state index in [1.807, 2.05) is 6.07 Å². The first-order chi connectivity index (χ1) is 6.50. The molecule has 76 valence electrons. The van der Waals surface area contributed by atoms with Crippen molar-refractivity contribution in [3.8, 4) is 0 Å². The average Bonchev–Trinajstić information content (AvgIpc) is 2.07. The summed E-state index contributed by atoms with van der Waals surface area (Å²) in [5, 5.41) is 8.84. The molecule has 0 aliphatic heterocycles. The summed E-state index contributed by atoms with van der Waals surface area (Å²) in [6.45, 7) is 4.19. The number of hydrogen-bond donors (Lipinski definition) is 2. The molecular formula is C11H15NO2. The fraction of sp³-hybridized carbons (Fsp3) is 0.364. The third kappa shape index (κ3) is 2.49. The third-order valence-electron chi connectivity index (χ3n) is 1.99. The van der Waals surface area contributed by atoms with Crippen LogP contribution in [-0.4, -0.2) is 11.1 Å². The van der Waals surface area contributed by atoms with Crippen molar-refractivity contribution in [1.82, 2.24) is 0 Å². The SMILES string of the molecule is CC(C)Cc1ccc(N)c(C(=O)O)c1. The summed E-state index contributed by atoms with van der Waals surface area (Å²) in [5.41, 5.74) is 7.08. The van der Waals surface area contributed by atoms with Crippen LogP contribution in [0.4, 0.5) is 5.69 Å². The molecule has 3 nitrogen and oxygen atoms in total. The standard InChI is InChI=1S/C11H15NO2/c1-7(2)5-8-3-4-10(12)9(6-8)11(13)14/h3-4,6-7H,5,12H2,1-2H3,(H,13,14). The smallest absolute Gasteiger partial charge is 0.337 e. The molecule has 0 saturated carbocycles. The van der Waals surface area contributed by atoms with Crippen LogP contribution in [0.25, 0.3) is 0 Å². The maximum absolute atomic E-state index is 10.8. The number of rotatable bonds is 3. The Morgan fingerprint density at radius 1 is 1.50 bits per heavy atom. The van der Waals surface area contributed by atoms with Crippen molar-refractivity contribution < 1.29 is 9.90 Å². The highest BCUT2D eigenvalue weighted by atomic mass is 16.4. The van der Waals surface area contributed by atoms with Crippen LogP contribution in [0.5, 0.6) is 0 Å². The topological polar surface area (TPSA) is 63.3 Å². The predicted octanol–water partition coefficient (Wildman–Crippen LogP) is 2.17. The molecule has 1 aromatic rings. The molecular weight excluding hydrogens is 178 g/mol. The lowest BCUT2D eigenvalue weighted by molar-refractivity contribution is 0.0698. The minimum absolute atomic E-state index is 0.197. The summed E-state index contributed by atoms with van der Waals surface area (Å²) in [4.78, 5) is 10.8. The van der Waals surface area contributed by atoms with E-state index >= 15 is 0 Å². The monoisotopic (exact) mass is 193 g/mol. The van der Waals surface area contributed by atoms with E-state index in [0.717, 1.165) is 12.0 Å². The second-order valence-electron chi connectivity index (χ2n) is 3.82. The molecule has 0 spiro atoms. The third-order valence-corrected chi connectivity index (χ3v) is 1.99. The minimum Gasteiger partial charge on any atom is -0.478 e. The zero-order valence-corrected chi connectivity index (χ0v) is 8.45. The molecule has 14 heavy (non-hydrogen) atoms. The molecule has 0 aliphatic carbocycles. The van der Waals surface area contributed by atoms with Gasteiger partial charge < -0.3 is 10.8 Å². The molecule has 3 heteroatoms. The van der Waals surface area contributed by atoms with Crippen molar-refractivity contribution in [2.75, 3.05) is 5.73 Å². The van der Waals surface area contributed by atoms with Gasteiger partial charge in [-0.15, -0.1) is 0 Å². The van der Waals surface area contributed by atoms with E-state index in [1.165, 1.54) is 0 Å². The Labute approximate surface area is 83.6 Å². The molecule has 3 N–H and O–H groups in total. The van der Waals surface area contributed by atoms with Gasteiger partial charge in [0.05, 0.1) is 5.56 Å². The van der Waals surface area contributed by atoms with Gasteiger partial charge in [0.15, 0.2) is 0 Å². The lowest BCUT2D eigenvalue weighted by Gasteiger charge is -2.07. The highest BCUT2D eigenvalue weighted by molar-refractivity contribution is 5.93. The van der Waals surface area contributed by atoms with Crippen molar-refractivity contribution in [2.24, 2.45) is 5.92 Å². The van der Waals surface area contributed by atoms with Gasteiger partial charge in [-0.25, -0.2) is 4.79 Å². The fourth-order valence-corrected chi connectivity index (χ4v) is 1.39. The quantitative estimate of drug-likeness (QED) is 0.723. The van der Waals surface area contributed by atoms with Gasteiger partial charge in [-0.05, 0) is 30.0 Å². The van der Waals surface area contributed by atoms with Crippen LogP contribution in [-0.2, 0) is 6.42 Å². The van der Waals surface area contributed by atoms with Gasteiger partial charge in [0.25, 0.3) is 0 Å². The predicted molar refractivity (Wildman–Crippen MR) is 56.4 cm³/mol. The minimum atomic E-state index is -0.965. The molecule has 0 aromatic heterocycles. The highest BCUT2D eigenvalue weighted by Gasteiger charge is 2.08. The first-order valence-electron chi connectivity index (χ1n) is 4.62. The number of nitrogen functional groups attached to an aromatic ring is 1. The van der Waals surface area contributed by atoms with E-state index in [1.54, 1.807) is 12.1 Å². The summed E-state index contributed by atoms with van der Waals surface area (Å²) in [7, 11) is 0. The molecule has 0 unspecified atom stereocenters. The first kappa shape index (κ1) is 10.6. The van der Waals surface area contributed by atoms with E-state index in [-0.39, 0.29) is 5.56 Å². The van der Waals surface area contributed by atoms with Crippen molar-refractivity contribution in [3.05, 3.63) is 29.3 Å². The van der Waals surface area contributed by atoms with Crippen LogP contribution >= 0.6 is 0 Å². The zero-order valence-electron chi connectivity index (χ0n) is 8.45. The summed E-state index contributed by atoms with van der Waals surface area (Å²) in [5.74, 6) is -0.451. The number of carbonyl (C=O) groups is 1.